The van der Waals surface area contributed by atoms with Gasteiger partial charge in [0.1, 0.15) is 18.1 Å². The highest BCUT2D eigenvalue weighted by atomic mass is 16.5. The van der Waals surface area contributed by atoms with E-state index in [1.807, 2.05) is 65.6 Å². The van der Waals surface area contributed by atoms with Crippen molar-refractivity contribution in [3.63, 3.8) is 0 Å². The molecule has 3 aromatic rings. The van der Waals surface area contributed by atoms with Crippen molar-refractivity contribution in [2.45, 2.75) is 13.2 Å². The second-order valence-electron chi connectivity index (χ2n) is 5.42. The van der Waals surface area contributed by atoms with E-state index in [2.05, 4.69) is 5.10 Å². The number of nitrogens with zero attached hydrogens (tertiary/aromatic N) is 2. The number of hydrogen-bond acceptors (Lipinski definition) is 4. The summed E-state index contributed by atoms with van der Waals surface area (Å²) in [4.78, 5) is 0. The monoisotopic (exact) mass is 323 g/mol. The van der Waals surface area contributed by atoms with Gasteiger partial charge in [0.2, 0.25) is 0 Å². The van der Waals surface area contributed by atoms with Crippen LogP contribution in [-0.2, 0) is 13.2 Å². The summed E-state index contributed by atoms with van der Waals surface area (Å²) in [5, 5.41) is 4.31. The molecule has 2 aromatic carbocycles. The van der Waals surface area contributed by atoms with Crippen molar-refractivity contribution < 1.29 is 9.47 Å². The summed E-state index contributed by atoms with van der Waals surface area (Å²) in [6, 6.07) is 15.9. The van der Waals surface area contributed by atoms with Crippen LogP contribution in [-0.4, -0.2) is 23.4 Å². The predicted molar refractivity (Wildman–Crippen MR) is 94.0 cm³/mol. The highest BCUT2D eigenvalue weighted by Gasteiger charge is 2.10. The largest absolute Gasteiger partial charge is 0.496 e. The van der Waals surface area contributed by atoms with Crippen molar-refractivity contribution in [2.75, 3.05) is 13.7 Å². The number of nitrogens with two attached hydrogens (primary N) is 1. The third-order valence-electron chi connectivity index (χ3n) is 3.72. The maximum Gasteiger partial charge on any atom is 0.130 e. The van der Waals surface area contributed by atoms with Crippen molar-refractivity contribution >= 4 is 0 Å². The van der Waals surface area contributed by atoms with E-state index in [1.54, 1.807) is 7.11 Å². The maximum atomic E-state index is 5.85. The SMILES string of the molecule is COc1cc(OCc2ccccc2)ccc1-c1cnn(CCN)c1. The van der Waals surface area contributed by atoms with Crippen molar-refractivity contribution in [3.8, 4) is 22.6 Å². The van der Waals surface area contributed by atoms with E-state index in [0.717, 1.165) is 28.2 Å². The molecule has 0 radical (unpaired) electrons. The van der Waals surface area contributed by atoms with Crippen molar-refractivity contribution in [1.29, 1.82) is 0 Å². The van der Waals surface area contributed by atoms with Crippen molar-refractivity contribution in [1.82, 2.24) is 9.78 Å². The standard InChI is InChI=1S/C19H21N3O2/c1-23-19-11-17(24-14-15-5-3-2-4-6-15)7-8-18(19)16-12-21-22(13-16)10-9-20/h2-8,11-13H,9-10,14,20H2,1H3. The van der Waals surface area contributed by atoms with Gasteiger partial charge in [-0.2, -0.15) is 5.10 Å². The number of hydrogen-bond donors (Lipinski definition) is 1. The minimum Gasteiger partial charge on any atom is -0.496 e. The third-order valence-corrected chi connectivity index (χ3v) is 3.72. The molecule has 0 amide bonds. The Hall–Kier alpha value is -2.79. The Morgan fingerprint density at radius 1 is 1.12 bits per heavy atom. The summed E-state index contributed by atoms with van der Waals surface area (Å²) < 4.78 is 13.2. The zero-order chi connectivity index (χ0) is 16.8. The molecule has 5 nitrogen and oxygen atoms in total. The second kappa shape index (κ2) is 7.66. The molecule has 3 rings (SSSR count). The molecule has 1 heterocycles. The summed E-state index contributed by atoms with van der Waals surface area (Å²) >= 11 is 0. The van der Waals surface area contributed by atoms with Gasteiger partial charge in [-0.15, -0.1) is 0 Å². The molecule has 5 heteroatoms. The third kappa shape index (κ3) is 3.75. The van der Waals surface area contributed by atoms with Crippen LogP contribution in [0.4, 0.5) is 0 Å². The topological polar surface area (TPSA) is 62.3 Å². The van der Waals surface area contributed by atoms with Crippen LogP contribution in [0, 0.1) is 0 Å². The molecule has 0 saturated carbocycles. The number of ether oxygens (including phenoxy) is 2. The molecule has 0 aliphatic rings. The van der Waals surface area contributed by atoms with Crippen LogP contribution in [0.2, 0.25) is 0 Å². The Balaban J connectivity index is 1.77. The predicted octanol–water partition coefficient (Wildman–Crippen LogP) is 3.10. The number of rotatable bonds is 7. The van der Waals surface area contributed by atoms with Crippen molar-refractivity contribution in [2.24, 2.45) is 5.73 Å². The first-order valence-corrected chi connectivity index (χ1v) is 7.88. The molecule has 0 aliphatic carbocycles. The van der Waals surface area contributed by atoms with Crippen LogP contribution < -0.4 is 15.2 Å². The molecule has 0 atom stereocenters. The molecule has 0 fully saturated rings. The summed E-state index contributed by atoms with van der Waals surface area (Å²) in [6.07, 6.45) is 3.78. The van der Waals surface area contributed by atoms with E-state index in [-0.39, 0.29) is 0 Å². The van der Waals surface area contributed by atoms with Crippen LogP contribution in [0.1, 0.15) is 5.56 Å². The van der Waals surface area contributed by atoms with Gasteiger partial charge in [0.15, 0.2) is 0 Å². The van der Waals surface area contributed by atoms with Crippen LogP contribution in [0.5, 0.6) is 11.5 Å². The fourth-order valence-electron chi connectivity index (χ4n) is 2.50. The Kier molecular flexibility index (Phi) is 5.13. The molecule has 0 saturated heterocycles. The van der Waals surface area contributed by atoms with Gasteiger partial charge in [-0.25, -0.2) is 0 Å². The zero-order valence-electron chi connectivity index (χ0n) is 13.7. The normalized spacial score (nSPS) is 10.6. The molecule has 2 N–H and O–H groups in total. The summed E-state index contributed by atoms with van der Waals surface area (Å²) in [6.45, 7) is 1.78. The lowest BCUT2D eigenvalue weighted by Gasteiger charge is -2.11. The first kappa shape index (κ1) is 16.1. The molecule has 0 aliphatic heterocycles. The molecule has 0 spiro atoms. The molecule has 124 valence electrons. The Bertz CT molecular complexity index is 784. The van der Waals surface area contributed by atoms with E-state index in [9.17, 15) is 0 Å². The smallest absolute Gasteiger partial charge is 0.130 e. The number of aromatic nitrogens is 2. The van der Waals surface area contributed by atoms with Gasteiger partial charge in [-0.1, -0.05) is 30.3 Å². The molecule has 24 heavy (non-hydrogen) atoms. The van der Waals surface area contributed by atoms with Gasteiger partial charge in [0.25, 0.3) is 0 Å². The number of methoxy groups -OCH3 is 1. The first-order chi connectivity index (χ1) is 11.8. The van der Waals surface area contributed by atoms with Gasteiger partial charge in [-0.3, -0.25) is 4.68 Å². The van der Waals surface area contributed by atoms with Gasteiger partial charge in [-0.05, 0) is 17.7 Å². The first-order valence-electron chi connectivity index (χ1n) is 7.88. The molecular weight excluding hydrogens is 302 g/mol. The van der Waals surface area contributed by atoms with E-state index >= 15 is 0 Å². The molecular formula is C19H21N3O2. The van der Waals surface area contributed by atoms with Gasteiger partial charge in [0.05, 0.1) is 19.9 Å². The Morgan fingerprint density at radius 2 is 1.96 bits per heavy atom. The van der Waals surface area contributed by atoms with Gasteiger partial charge >= 0.3 is 0 Å². The average Bonchev–Trinajstić information content (AvgIpc) is 3.09. The van der Waals surface area contributed by atoms with Crippen LogP contribution in [0.15, 0.2) is 60.9 Å². The van der Waals surface area contributed by atoms with Crippen LogP contribution >= 0.6 is 0 Å². The second-order valence-corrected chi connectivity index (χ2v) is 5.42. The van der Waals surface area contributed by atoms with Gasteiger partial charge in [0, 0.05) is 29.9 Å². The van der Waals surface area contributed by atoms with E-state index in [0.29, 0.717) is 19.7 Å². The van der Waals surface area contributed by atoms with Crippen molar-refractivity contribution in [3.05, 3.63) is 66.5 Å². The fourth-order valence-corrected chi connectivity index (χ4v) is 2.50. The molecule has 0 bridgehead atoms. The lowest BCUT2D eigenvalue weighted by atomic mass is 10.1. The van der Waals surface area contributed by atoms with E-state index < -0.39 is 0 Å². The van der Waals surface area contributed by atoms with E-state index in [4.69, 9.17) is 15.2 Å². The average molecular weight is 323 g/mol. The molecule has 0 unspecified atom stereocenters. The summed E-state index contributed by atoms with van der Waals surface area (Å²) in [5.41, 5.74) is 8.67. The Morgan fingerprint density at radius 3 is 2.71 bits per heavy atom. The van der Waals surface area contributed by atoms with Gasteiger partial charge < -0.3 is 15.2 Å². The van der Waals surface area contributed by atoms with Crippen LogP contribution in [0.3, 0.4) is 0 Å². The van der Waals surface area contributed by atoms with Crippen LogP contribution in [0.25, 0.3) is 11.1 Å². The lowest BCUT2D eigenvalue weighted by molar-refractivity contribution is 0.304. The fraction of sp³-hybridized carbons (Fsp3) is 0.211. The maximum absolute atomic E-state index is 5.85. The minimum absolute atomic E-state index is 0.526. The number of benzene rings is 2. The Labute approximate surface area is 141 Å². The highest BCUT2D eigenvalue weighted by Crippen LogP contribution is 2.33. The quantitative estimate of drug-likeness (QED) is 0.726. The highest BCUT2D eigenvalue weighted by molar-refractivity contribution is 5.70. The van der Waals surface area contributed by atoms with E-state index in [1.165, 1.54) is 0 Å². The molecule has 1 aromatic heterocycles. The summed E-state index contributed by atoms with van der Waals surface area (Å²) in [5.74, 6) is 1.53. The summed E-state index contributed by atoms with van der Waals surface area (Å²) in [7, 11) is 1.66. The zero-order valence-corrected chi connectivity index (χ0v) is 13.7. The minimum atomic E-state index is 0.526. The lowest BCUT2D eigenvalue weighted by Crippen LogP contribution is -2.09.